The van der Waals surface area contributed by atoms with Gasteiger partial charge in [0.1, 0.15) is 0 Å². The average Bonchev–Trinajstić information content (AvgIpc) is 2.35. The number of hydrogen-bond donors (Lipinski definition) is 1. The lowest BCUT2D eigenvalue weighted by molar-refractivity contribution is 0.790. The first-order valence-corrected chi connectivity index (χ1v) is 5.72. The predicted molar refractivity (Wildman–Crippen MR) is 70.0 cm³/mol. The highest BCUT2D eigenvalue weighted by Crippen LogP contribution is 2.07. The molecule has 0 amide bonds. The summed E-state index contributed by atoms with van der Waals surface area (Å²) in [6.07, 6.45) is 4.48. The summed E-state index contributed by atoms with van der Waals surface area (Å²) < 4.78 is 1.91. The second kappa shape index (κ2) is 4.87. The van der Waals surface area contributed by atoms with Crippen LogP contribution < -0.4 is 11.2 Å². The summed E-state index contributed by atoms with van der Waals surface area (Å²) in [4.78, 5) is 11.2. The third-order valence-corrected chi connectivity index (χ3v) is 2.80. The molecule has 88 valence electrons. The van der Waals surface area contributed by atoms with Crippen LogP contribution in [0.2, 0.25) is 0 Å². The zero-order valence-electron chi connectivity index (χ0n) is 9.89. The van der Waals surface area contributed by atoms with Gasteiger partial charge < -0.3 is 10.3 Å². The highest BCUT2D eigenvalue weighted by molar-refractivity contribution is 5.34. The fourth-order valence-electron chi connectivity index (χ4n) is 1.73. The van der Waals surface area contributed by atoms with Gasteiger partial charge in [0.25, 0.3) is 0 Å². The third kappa shape index (κ3) is 2.75. The molecule has 2 N–H and O–H groups in total. The van der Waals surface area contributed by atoms with Gasteiger partial charge in [-0.15, -0.1) is 0 Å². The molecule has 2 rings (SSSR count). The highest BCUT2D eigenvalue weighted by Gasteiger charge is 1.97. The van der Waals surface area contributed by atoms with Gasteiger partial charge in [0.2, 0.25) is 5.43 Å². The Labute approximate surface area is 101 Å². The smallest absolute Gasteiger partial charge is 0.204 e. The lowest BCUT2D eigenvalue weighted by atomic mass is 10.1. The van der Waals surface area contributed by atoms with Crippen LogP contribution in [-0.4, -0.2) is 4.57 Å². The van der Waals surface area contributed by atoms with Crippen LogP contribution >= 0.6 is 0 Å². The van der Waals surface area contributed by atoms with Gasteiger partial charge in [-0.05, 0) is 17.5 Å². The quantitative estimate of drug-likeness (QED) is 0.874. The first-order valence-electron chi connectivity index (χ1n) is 5.72. The van der Waals surface area contributed by atoms with Crippen molar-refractivity contribution in [3.05, 3.63) is 64.1 Å². The summed E-state index contributed by atoms with van der Waals surface area (Å²) in [7, 11) is 0. The Kier molecular flexibility index (Phi) is 3.28. The van der Waals surface area contributed by atoms with Gasteiger partial charge in [0, 0.05) is 25.0 Å². The van der Waals surface area contributed by atoms with Crippen molar-refractivity contribution >= 4 is 5.69 Å². The van der Waals surface area contributed by atoms with Crippen LogP contribution in [0, 0.1) is 0 Å². The molecule has 0 aliphatic carbocycles. The minimum atomic E-state index is -0.123. The number of anilines is 1. The SMILES string of the molecule is CCc1ccc(Cn2ccc(=O)c(N)c2)cc1. The van der Waals surface area contributed by atoms with E-state index in [0.717, 1.165) is 13.0 Å². The molecule has 0 unspecified atom stereocenters. The molecule has 1 heterocycles. The molecular weight excluding hydrogens is 212 g/mol. The van der Waals surface area contributed by atoms with Gasteiger partial charge in [-0.3, -0.25) is 4.79 Å². The maximum atomic E-state index is 11.2. The van der Waals surface area contributed by atoms with Crippen molar-refractivity contribution in [1.29, 1.82) is 0 Å². The Morgan fingerprint density at radius 3 is 2.35 bits per heavy atom. The van der Waals surface area contributed by atoms with Crippen LogP contribution in [-0.2, 0) is 13.0 Å². The van der Waals surface area contributed by atoms with Crippen molar-refractivity contribution in [2.24, 2.45) is 0 Å². The van der Waals surface area contributed by atoms with Crippen molar-refractivity contribution in [2.45, 2.75) is 19.9 Å². The Bertz CT molecular complexity index is 555. The third-order valence-electron chi connectivity index (χ3n) is 2.80. The van der Waals surface area contributed by atoms with E-state index in [0.29, 0.717) is 0 Å². The zero-order valence-corrected chi connectivity index (χ0v) is 9.89. The second-order valence-electron chi connectivity index (χ2n) is 4.11. The molecule has 1 aromatic carbocycles. The predicted octanol–water partition coefficient (Wildman–Crippen LogP) is 2.04. The maximum Gasteiger partial charge on any atom is 0.204 e. The molecular formula is C14H16N2O. The lowest BCUT2D eigenvalue weighted by Gasteiger charge is -2.07. The van der Waals surface area contributed by atoms with E-state index >= 15 is 0 Å². The highest BCUT2D eigenvalue weighted by atomic mass is 16.1. The number of hydrogen-bond acceptors (Lipinski definition) is 2. The Morgan fingerprint density at radius 2 is 1.76 bits per heavy atom. The number of pyridine rings is 1. The molecule has 17 heavy (non-hydrogen) atoms. The van der Waals surface area contributed by atoms with Crippen LogP contribution in [0.4, 0.5) is 5.69 Å². The molecule has 0 fully saturated rings. The number of nitrogen functional groups attached to an aromatic ring is 1. The molecule has 3 heteroatoms. The summed E-state index contributed by atoms with van der Waals surface area (Å²) in [6, 6.07) is 9.96. The summed E-state index contributed by atoms with van der Waals surface area (Å²) in [6.45, 7) is 2.87. The number of nitrogens with zero attached hydrogens (tertiary/aromatic N) is 1. The number of aryl methyl sites for hydroxylation is 1. The van der Waals surface area contributed by atoms with Crippen molar-refractivity contribution in [3.8, 4) is 0 Å². The number of aromatic nitrogens is 1. The van der Waals surface area contributed by atoms with E-state index in [1.54, 1.807) is 12.4 Å². The van der Waals surface area contributed by atoms with Crippen LogP contribution in [0.5, 0.6) is 0 Å². The fourth-order valence-corrected chi connectivity index (χ4v) is 1.73. The van der Waals surface area contributed by atoms with Crippen molar-refractivity contribution in [3.63, 3.8) is 0 Å². The molecule has 2 aromatic rings. The molecule has 3 nitrogen and oxygen atoms in total. The van der Waals surface area contributed by atoms with Gasteiger partial charge in [0.15, 0.2) is 0 Å². The van der Waals surface area contributed by atoms with Crippen LogP contribution in [0.25, 0.3) is 0 Å². The molecule has 0 aliphatic rings. The van der Waals surface area contributed by atoms with E-state index in [1.807, 2.05) is 4.57 Å². The normalized spacial score (nSPS) is 10.4. The zero-order chi connectivity index (χ0) is 12.3. The molecule has 0 saturated carbocycles. The van der Waals surface area contributed by atoms with Crippen LogP contribution in [0.15, 0.2) is 47.5 Å². The van der Waals surface area contributed by atoms with E-state index < -0.39 is 0 Å². The Morgan fingerprint density at radius 1 is 1.12 bits per heavy atom. The molecule has 0 radical (unpaired) electrons. The van der Waals surface area contributed by atoms with Crippen molar-refractivity contribution in [1.82, 2.24) is 4.57 Å². The molecule has 0 atom stereocenters. The van der Waals surface area contributed by atoms with Gasteiger partial charge in [-0.1, -0.05) is 31.2 Å². The van der Waals surface area contributed by atoms with E-state index in [9.17, 15) is 4.79 Å². The second-order valence-corrected chi connectivity index (χ2v) is 4.11. The monoisotopic (exact) mass is 228 g/mol. The molecule has 0 bridgehead atoms. The molecule has 0 saturated heterocycles. The standard InChI is InChI=1S/C14H16N2O/c1-2-11-3-5-12(6-4-11)9-16-8-7-14(17)13(15)10-16/h3-8,10H,2,9,15H2,1H3. The van der Waals surface area contributed by atoms with Gasteiger partial charge in [0.05, 0.1) is 5.69 Å². The largest absolute Gasteiger partial charge is 0.394 e. The maximum absolute atomic E-state index is 11.2. The van der Waals surface area contributed by atoms with Gasteiger partial charge >= 0.3 is 0 Å². The molecule has 1 aromatic heterocycles. The summed E-state index contributed by atoms with van der Waals surface area (Å²) in [5.41, 5.74) is 8.28. The van der Waals surface area contributed by atoms with Crippen LogP contribution in [0.1, 0.15) is 18.1 Å². The minimum absolute atomic E-state index is 0.123. The lowest BCUT2D eigenvalue weighted by Crippen LogP contribution is -2.11. The van der Waals surface area contributed by atoms with E-state index in [-0.39, 0.29) is 11.1 Å². The topological polar surface area (TPSA) is 48.0 Å². The Hall–Kier alpha value is -2.03. The van der Waals surface area contributed by atoms with Crippen molar-refractivity contribution in [2.75, 3.05) is 5.73 Å². The van der Waals surface area contributed by atoms with Crippen molar-refractivity contribution < 1.29 is 0 Å². The van der Waals surface area contributed by atoms with E-state index in [2.05, 4.69) is 31.2 Å². The van der Waals surface area contributed by atoms with Gasteiger partial charge in [-0.2, -0.15) is 0 Å². The molecule has 0 spiro atoms. The first-order chi connectivity index (χ1) is 8.19. The number of benzene rings is 1. The summed E-state index contributed by atoms with van der Waals surface area (Å²) in [5.74, 6) is 0. The van der Waals surface area contributed by atoms with E-state index in [4.69, 9.17) is 5.73 Å². The minimum Gasteiger partial charge on any atom is -0.394 e. The Balaban J connectivity index is 2.19. The first kappa shape index (κ1) is 11.5. The summed E-state index contributed by atoms with van der Waals surface area (Å²) >= 11 is 0. The summed E-state index contributed by atoms with van der Waals surface area (Å²) in [5, 5.41) is 0. The van der Waals surface area contributed by atoms with Gasteiger partial charge in [-0.25, -0.2) is 0 Å². The number of rotatable bonds is 3. The fraction of sp³-hybridized carbons (Fsp3) is 0.214. The molecule has 0 aliphatic heterocycles. The van der Waals surface area contributed by atoms with Crippen LogP contribution in [0.3, 0.4) is 0 Å². The average molecular weight is 228 g/mol. The van der Waals surface area contributed by atoms with E-state index in [1.165, 1.54) is 17.2 Å². The number of nitrogens with two attached hydrogens (primary N) is 1.